The molecule has 80 valence electrons. The first kappa shape index (κ1) is 11.1. The van der Waals surface area contributed by atoms with E-state index in [9.17, 15) is 0 Å². The van der Waals surface area contributed by atoms with Crippen LogP contribution in [-0.4, -0.2) is 11.5 Å². The molecule has 1 aromatic carbocycles. The van der Waals surface area contributed by atoms with Gasteiger partial charge in [-0.1, -0.05) is 15.9 Å². The van der Waals surface area contributed by atoms with Gasteiger partial charge in [-0.05, 0) is 36.8 Å². The first-order valence-corrected chi connectivity index (χ1v) is 5.89. The van der Waals surface area contributed by atoms with Crippen LogP contribution in [0.2, 0.25) is 0 Å². The highest BCUT2D eigenvalue weighted by molar-refractivity contribution is 9.10. The molecule has 0 amide bonds. The summed E-state index contributed by atoms with van der Waals surface area (Å²) >= 11 is 3.47. The predicted octanol–water partition coefficient (Wildman–Crippen LogP) is 3.77. The van der Waals surface area contributed by atoms with Gasteiger partial charge in [-0.25, -0.2) is 6.57 Å². The Hall–Kier alpha value is -1.40. The summed E-state index contributed by atoms with van der Waals surface area (Å²) < 4.78 is 1.05. The van der Waals surface area contributed by atoms with Gasteiger partial charge in [-0.15, -0.1) is 0 Å². The summed E-state index contributed by atoms with van der Waals surface area (Å²) in [5.41, 5.74) is 3.22. The lowest BCUT2D eigenvalue weighted by atomic mass is 10.1. The lowest BCUT2D eigenvalue weighted by Crippen LogP contribution is -1.94. The third-order valence-corrected chi connectivity index (χ3v) is 2.97. The molecule has 0 saturated carbocycles. The zero-order valence-electron chi connectivity index (χ0n) is 9.00. The standard InChI is InChI=1S/C13H11BrN2/c1-9-7-10(5-6-15-2)12-8-11(14)3-4-13(12)16-9/h3-4,7-8H,5-6H2,1H3. The molecule has 1 aromatic heterocycles. The van der Waals surface area contributed by atoms with Crippen molar-refractivity contribution in [3.8, 4) is 0 Å². The number of benzene rings is 1. The maximum Gasteiger partial charge on any atom is 0.218 e. The zero-order valence-corrected chi connectivity index (χ0v) is 10.6. The lowest BCUT2D eigenvalue weighted by Gasteiger charge is -2.05. The van der Waals surface area contributed by atoms with Gasteiger partial charge < -0.3 is 4.85 Å². The Morgan fingerprint density at radius 3 is 2.94 bits per heavy atom. The summed E-state index contributed by atoms with van der Waals surface area (Å²) in [5.74, 6) is 0. The molecule has 0 N–H and O–H groups in total. The summed E-state index contributed by atoms with van der Waals surface area (Å²) in [4.78, 5) is 7.89. The SMILES string of the molecule is [C-]#[N+]CCc1cc(C)nc2ccc(Br)cc12. The first-order valence-electron chi connectivity index (χ1n) is 5.09. The molecule has 0 aliphatic heterocycles. The van der Waals surface area contributed by atoms with Gasteiger partial charge in [0.1, 0.15) is 0 Å². The van der Waals surface area contributed by atoms with Crippen LogP contribution in [-0.2, 0) is 6.42 Å². The van der Waals surface area contributed by atoms with E-state index in [0.29, 0.717) is 6.54 Å². The number of pyridine rings is 1. The molecular weight excluding hydrogens is 264 g/mol. The Morgan fingerprint density at radius 2 is 2.19 bits per heavy atom. The fraction of sp³-hybridized carbons (Fsp3) is 0.231. The smallest absolute Gasteiger partial charge is 0.218 e. The highest BCUT2D eigenvalue weighted by Crippen LogP contribution is 2.23. The average molecular weight is 275 g/mol. The molecule has 0 bridgehead atoms. The predicted molar refractivity (Wildman–Crippen MR) is 69.4 cm³/mol. The lowest BCUT2D eigenvalue weighted by molar-refractivity contribution is 1.07. The fourth-order valence-corrected chi connectivity index (χ4v) is 2.16. The van der Waals surface area contributed by atoms with Crippen molar-refractivity contribution in [2.45, 2.75) is 13.3 Å². The Balaban J connectivity index is 2.61. The van der Waals surface area contributed by atoms with Crippen molar-refractivity contribution < 1.29 is 0 Å². The number of hydrogen-bond donors (Lipinski definition) is 0. The number of fused-ring (bicyclic) bond motifs is 1. The minimum absolute atomic E-state index is 0.533. The van der Waals surface area contributed by atoms with Gasteiger partial charge in [0.15, 0.2) is 0 Å². The van der Waals surface area contributed by atoms with Crippen LogP contribution in [0.15, 0.2) is 28.7 Å². The minimum Gasteiger partial charge on any atom is -0.317 e. The molecule has 2 rings (SSSR count). The molecule has 0 spiro atoms. The van der Waals surface area contributed by atoms with Crippen molar-refractivity contribution in [2.24, 2.45) is 0 Å². The molecule has 0 aliphatic rings. The molecule has 0 radical (unpaired) electrons. The van der Waals surface area contributed by atoms with E-state index in [1.807, 2.05) is 19.1 Å². The van der Waals surface area contributed by atoms with Crippen molar-refractivity contribution >= 4 is 26.8 Å². The highest BCUT2D eigenvalue weighted by Gasteiger charge is 2.05. The topological polar surface area (TPSA) is 17.2 Å². The normalized spacial score (nSPS) is 10.3. The third-order valence-electron chi connectivity index (χ3n) is 2.48. The van der Waals surface area contributed by atoms with Gasteiger partial charge >= 0.3 is 0 Å². The van der Waals surface area contributed by atoms with Crippen molar-refractivity contribution in [1.29, 1.82) is 0 Å². The molecular formula is C13H11BrN2. The van der Waals surface area contributed by atoms with Crippen LogP contribution in [0.25, 0.3) is 15.7 Å². The van der Waals surface area contributed by atoms with Gasteiger partial charge in [0.2, 0.25) is 6.54 Å². The number of hydrogen-bond acceptors (Lipinski definition) is 1. The maximum absolute atomic E-state index is 6.86. The van der Waals surface area contributed by atoms with Gasteiger partial charge in [-0.3, -0.25) is 4.98 Å². The molecule has 0 aliphatic carbocycles. The van der Waals surface area contributed by atoms with E-state index >= 15 is 0 Å². The Morgan fingerprint density at radius 1 is 1.38 bits per heavy atom. The number of nitrogens with zero attached hydrogens (tertiary/aromatic N) is 2. The monoisotopic (exact) mass is 274 g/mol. The molecule has 3 heteroatoms. The number of rotatable bonds is 2. The molecule has 0 saturated heterocycles. The number of aryl methyl sites for hydroxylation is 1. The second kappa shape index (κ2) is 4.63. The van der Waals surface area contributed by atoms with Gasteiger partial charge in [0, 0.05) is 22.0 Å². The fourth-order valence-electron chi connectivity index (χ4n) is 1.80. The van der Waals surface area contributed by atoms with Crippen LogP contribution in [0, 0.1) is 13.5 Å². The average Bonchev–Trinajstić information content (AvgIpc) is 2.26. The van der Waals surface area contributed by atoms with Crippen LogP contribution in [0.4, 0.5) is 0 Å². The zero-order chi connectivity index (χ0) is 11.5. The van der Waals surface area contributed by atoms with Gasteiger partial charge in [0.05, 0.1) is 5.52 Å². The second-order valence-corrected chi connectivity index (χ2v) is 4.63. The summed E-state index contributed by atoms with van der Waals surface area (Å²) in [6, 6.07) is 8.14. The Kier molecular flexibility index (Phi) is 3.21. The van der Waals surface area contributed by atoms with Crippen LogP contribution < -0.4 is 0 Å². The summed E-state index contributed by atoms with van der Waals surface area (Å²) in [5, 5.41) is 1.14. The van der Waals surface area contributed by atoms with Gasteiger partial charge in [-0.2, -0.15) is 0 Å². The molecule has 2 nitrogen and oxygen atoms in total. The Bertz CT molecular complexity index is 570. The molecule has 0 unspecified atom stereocenters. The number of aromatic nitrogens is 1. The van der Waals surface area contributed by atoms with Crippen LogP contribution in [0.5, 0.6) is 0 Å². The molecule has 16 heavy (non-hydrogen) atoms. The second-order valence-electron chi connectivity index (χ2n) is 3.72. The van der Waals surface area contributed by atoms with E-state index in [0.717, 1.165) is 27.5 Å². The summed E-state index contributed by atoms with van der Waals surface area (Å²) in [7, 11) is 0. The van der Waals surface area contributed by atoms with E-state index in [2.05, 4.69) is 37.9 Å². The highest BCUT2D eigenvalue weighted by atomic mass is 79.9. The van der Waals surface area contributed by atoms with Gasteiger partial charge in [0.25, 0.3) is 0 Å². The van der Waals surface area contributed by atoms with E-state index in [-0.39, 0.29) is 0 Å². The largest absolute Gasteiger partial charge is 0.317 e. The van der Waals surface area contributed by atoms with Crippen molar-refractivity contribution in [3.05, 3.63) is 51.4 Å². The van der Waals surface area contributed by atoms with Crippen molar-refractivity contribution in [1.82, 2.24) is 4.98 Å². The molecule has 1 heterocycles. The maximum atomic E-state index is 6.86. The summed E-state index contributed by atoms with van der Waals surface area (Å²) in [6.07, 6.45) is 0.791. The quantitative estimate of drug-likeness (QED) is 0.762. The minimum atomic E-state index is 0.533. The number of halogens is 1. The van der Waals surface area contributed by atoms with Crippen molar-refractivity contribution in [3.63, 3.8) is 0 Å². The molecule has 0 fully saturated rings. The summed E-state index contributed by atoms with van der Waals surface area (Å²) in [6.45, 7) is 9.38. The van der Waals surface area contributed by atoms with Crippen molar-refractivity contribution in [2.75, 3.05) is 6.54 Å². The van der Waals surface area contributed by atoms with Crippen LogP contribution >= 0.6 is 15.9 Å². The van der Waals surface area contributed by atoms with E-state index in [4.69, 9.17) is 6.57 Å². The molecule has 2 aromatic rings. The van der Waals surface area contributed by atoms with Crippen LogP contribution in [0.3, 0.4) is 0 Å². The molecule has 0 atom stereocenters. The Labute approximate surface area is 103 Å². The van der Waals surface area contributed by atoms with E-state index in [1.54, 1.807) is 0 Å². The van der Waals surface area contributed by atoms with E-state index in [1.165, 1.54) is 5.56 Å². The van der Waals surface area contributed by atoms with E-state index < -0.39 is 0 Å². The third kappa shape index (κ3) is 2.23. The van der Waals surface area contributed by atoms with Crippen LogP contribution in [0.1, 0.15) is 11.3 Å². The first-order chi connectivity index (χ1) is 7.70.